The number of likely N-dealkylation sites (tertiary alicyclic amines) is 1. The summed E-state index contributed by atoms with van der Waals surface area (Å²) in [6.07, 6.45) is 8.37. The summed E-state index contributed by atoms with van der Waals surface area (Å²) in [6.45, 7) is 3.73. The maximum atomic E-state index is 10.5. The molecule has 3 rings (SSSR count). The van der Waals surface area contributed by atoms with Gasteiger partial charge in [-0.15, -0.1) is 0 Å². The quantitative estimate of drug-likeness (QED) is 0.819. The summed E-state index contributed by atoms with van der Waals surface area (Å²) >= 11 is 0. The zero-order valence-corrected chi connectivity index (χ0v) is 13.4. The Morgan fingerprint density at radius 3 is 2.55 bits per heavy atom. The standard InChI is InChI=1S/C19H28N2O/c22-15-20-19-7-6-18(13-19)14-21-10-8-17(9-11-21)12-16-4-2-1-3-5-16/h1-5,15,17-19H,6-14H2,(H,20,22)/t18-,19+/m0/s1. The molecule has 0 unspecified atom stereocenters. The van der Waals surface area contributed by atoms with Crippen molar-refractivity contribution >= 4 is 6.41 Å². The third-order valence-electron chi connectivity index (χ3n) is 5.44. The number of benzene rings is 1. The van der Waals surface area contributed by atoms with Crippen LogP contribution in [-0.2, 0) is 11.2 Å². The molecule has 1 amide bonds. The van der Waals surface area contributed by atoms with E-state index in [0.29, 0.717) is 6.04 Å². The molecule has 1 N–H and O–H groups in total. The molecule has 1 aromatic carbocycles. The van der Waals surface area contributed by atoms with E-state index in [1.807, 2.05) is 0 Å². The van der Waals surface area contributed by atoms with Crippen molar-refractivity contribution in [3.05, 3.63) is 35.9 Å². The van der Waals surface area contributed by atoms with Crippen LogP contribution >= 0.6 is 0 Å². The molecule has 3 heteroatoms. The summed E-state index contributed by atoms with van der Waals surface area (Å²) in [4.78, 5) is 13.2. The fraction of sp³-hybridized carbons (Fsp3) is 0.632. The Morgan fingerprint density at radius 1 is 1.05 bits per heavy atom. The van der Waals surface area contributed by atoms with E-state index in [2.05, 4.69) is 40.5 Å². The molecule has 1 aliphatic carbocycles. The van der Waals surface area contributed by atoms with E-state index in [1.54, 1.807) is 0 Å². The molecule has 3 nitrogen and oxygen atoms in total. The highest BCUT2D eigenvalue weighted by Crippen LogP contribution is 2.28. The van der Waals surface area contributed by atoms with Crippen molar-refractivity contribution in [2.45, 2.75) is 44.6 Å². The van der Waals surface area contributed by atoms with Gasteiger partial charge in [0.25, 0.3) is 0 Å². The zero-order valence-electron chi connectivity index (χ0n) is 13.4. The lowest BCUT2D eigenvalue weighted by atomic mass is 9.90. The Labute approximate surface area is 134 Å². The lowest BCUT2D eigenvalue weighted by Crippen LogP contribution is -2.37. The lowest BCUT2D eigenvalue weighted by molar-refractivity contribution is -0.110. The number of hydrogen-bond donors (Lipinski definition) is 1. The number of rotatable bonds is 6. The van der Waals surface area contributed by atoms with Crippen LogP contribution in [0, 0.1) is 11.8 Å². The van der Waals surface area contributed by atoms with Gasteiger partial charge in [-0.2, -0.15) is 0 Å². The van der Waals surface area contributed by atoms with Crippen molar-refractivity contribution in [1.29, 1.82) is 0 Å². The summed E-state index contributed by atoms with van der Waals surface area (Å²) in [7, 11) is 0. The Balaban J connectivity index is 1.38. The first-order chi connectivity index (χ1) is 10.8. The van der Waals surface area contributed by atoms with Gasteiger partial charge in [-0.05, 0) is 69.0 Å². The van der Waals surface area contributed by atoms with E-state index in [1.165, 1.54) is 57.3 Å². The highest BCUT2D eigenvalue weighted by Gasteiger charge is 2.27. The molecule has 1 saturated carbocycles. The molecule has 0 bridgehead atoms. The van der Waals surface area contributed by atoms with Crippen LogP contribution in [-0.4, -0.2) is 37.0 Å². The van der Waals surface area contributed by atoms with Gasteiger partial charge in [-0.25, -0.2) is 0 Å². The largest absolute Gasteiger partial charge is 0.356 e. The topological polar surface area (TPSA) is 32.3 Å². The van der Waals surface area contributed by atoms with E-state index >= 15 is 0 Å². The molecule has 22 heavy (non-hydrogen) atoms. The molecular weight excluding hydrogens is 272 g/mol. The number of nitrogens with zero attached hydrogens (tertiary/aromatic N) is 1. The Morgan fingerprint density at radius 2 is 1.82 bits per heavy atom. The maximum Gasteiger partial charge on any atom is 0.207 e. The molecular formula is C19H28N2O. The van der Waals surface area contributed by atoms with Gasteiger partial charge in [0, 0.05) is 12.6 Å². The summed E-state index contributed by atoms with van der Waals surface area (Å²) in [6, 6.07) is 11.3. The number of carbonyl (C=O) groups excluding carboxylic acids is 1. The van der Waals surface area contributed by atoms with Crippen LogP contribution in [0.15, 0.2) is 30.3 Å². The number of carbonyl (C=O) groups is 1. The van der Waals surface area contributed by atoms with Crippen molar-refractivity contribution in [1.82, 2.24) is 10.2 Å². The molecule has 2 aliphatic rings. The van der Waals surface area contributed by atoms with Crippen molar-refractivity contribution < 1.29 is 4.79 Å². The van der Waals surface area contributed by atoms with Gasteiger partial charge < -0.3 is 10.2 Å². The van der Waals surface area contributed by atoms with Crippen LogP contribution in [0.1, 0.15) is 37.7 Å². The van der Waals surface area contributed by atoms with Crippen molar-refractivity contribution in [2.75, 3.05) is 19.6 Å². The molecule has 0 spiro atoms. The second-order valence-corrected chi connectivity index (χ2v) is 7.09. The van der Waals surface area contributed by atoms with Crippen molar-refractivity contribution in [3.8, 4) is 0 Å². The van der Waals surface area contributed by atoms with Gasteiger partial charge in [-0.3, -0.25) is 4.79 Å². The molecule has 2 atom stereocenters. The van der Waals surface area contributed by atoms with Crippen LogP contribution in [0.5, 0.6) is 0 Å². The molecule has 1 aliphatic heterocycles. The highest BCUT2D eigenvalue weighted by atomic mass is 16.1. The monoisotopic (exact) mass is 300 g/mol. The van der Waals surface area contributed by atoms with Crippen LogP contribution in [0.3, 0.4) is 0 Å². The predicted octanol–water partition coefficient (Wildman–Crippen LogP) is 2.86. The molecule has 120 valence electrons. The van der Waals surface area contributed by atoms with Gasteiger partial charge in [0.05, 0.1) is 0 Å². The van der Waals surface area contributed by atoms with Crippen LogP contribution in [0.4, 0.5) is 0 Å². The summed E-state index contributed by atoms with van der Waals surface area (Å²) in [5.41, 5.74) is 1.49. The van der Waals surface area contributed by atoms with Crippen molar-refractivity contribution in [3.63, 3.8) is 0 Å². The van der Waals surface area contributed by atoms with Gasteiger partial charge >= 0.3 is 0 Å². The third kappa shape index (κ3) is 4.33. The van der Waals surface area contributed by atoms with E-state index in [9.17, 15) is 4.79 Å². The fourth-order valence-electron chi connectivity index (χ4n) is 4.17. The smallest absolute Gasteiger partial charge is 0.207 e. The third-order valence-corrected chi connectivity index (χ3v) is 5.44. The van der Waals surface area contributed by atoms with E-state index < -0.39 is 0 Å². The normalized spacial score (nSPS) is 26.9. The lowest BCUT2D eigenvalue weighted by Gasteiger charge is -2.33. The van der Waals surface area contributed by atoms with Gasteiger partial charge in [-0.1, -0.05) is 30.3 Å². The van der Waals surface area contributed by atoms with E-state index in [4.69, 9.17) is 0 Å². The zero-order chi connectivity index (χ0) is 15.2. The first-order valence-electron chi connectivity index (χ1n) is 8.79. The minimum absolute atomic E-state index is 0.429. The predicted molar refractivity (Wildman–Crippen MR) is 89.6 cm³/mol. The van der Waals surface area contributed by atoms with Gasteiger partial charge in [0.2, 0.25) is 6.41 Å². The van der Waals surface area contributed by atoms with Crippen LogP contribution in [0.2, 0.25) is 0 Å². The average molecular weight is 300 g/mol. The summed E-state index contributed by atoms with van der Waals surface area (Å²) < 4.78 is 0. The molecule has 1 saturated heterocycles. The summed E-state index contributed by atoms with van der Waals surface area (Å²) in [5.74, 6) is 1.63. The molecule has 0 radical (unpaired) electrons. The fourth-order valence-corrected chi connectivity index (χ4v) is 4.17. The van der Waals surface area contributed by atoms with E-state index in [0.717, 1.165) is 24.7 Å². The first-order valence-corrected chi connectivity index (χ1v) is 8.79. The molecule has 2 fully saturated rings. The maximum absolute atomic E-state index is 10.5. The second-order valence-electron chi connectivity index (χ2n) is 7.09. The van der Waals surface area contributed by atoms with Gasteiger partial charge in [0.15, 0.2) is 0 Å². The second kappa shape index (κ2) is 7.77. The Kier molecular flexibility index (Phi) is 5.49. The minimum atomic E-state index is 0.429. The van der Waals surface area contributed by atoms with Crippen molar-refractivity contribution in [2.24, 2.45) is 11.8 Å². The number of hydrogen-bond acceptors (Lipinski definition) is 2. The summed E-state index contributed by atoms with van der Waals surface area (Å²) in [5, 5.41) is 2.95. The Bertz CT molecular complexity index is 454. The average Bonchev–Trinajstić information content (AvgIpc) is 2.98. The molecule has 1 aromatic rings. The number of piperidine rings is 1. The van der Waals surface area contributed by atoms with Crippen LogP contribution in [0.25, 0.3) is 0 Å². The Hall–Kier alpha value is -1.35. The molecule has 1 heterocycles. The highest BCUT2D eigenvalue weighted by molar-refractivity contribution is 5.46. The molecule has 0 aromatic heterocycles. The van der Waals surface area contributed by atoms with E-state index in [-0.39, 0.29) is 0 Å². The van der Waals surface area contributed by atoms with Gasteiger partial charge in [0.1, 0.15) is 0 Å². The van der Waals surface area contributed by atoms with Crippen LogP contribution < -0.4 is 5.32 Å². The SMILES string of the molecule is O=CN[C@@H]1CC[C@H](CN2CCC(Cc3ccccc3)CC2)C1. The number of nitrogens with one attached hydrogen (secondary N) is 1. The first kappa shape index (κ1) is 15.5. The minimum Gasteiger partial charge on any atom is -0.356 e. The number of amides is 1.